The second-order valence-corrected chi connectivity index (χ2v) is 17.5. The van der Waals surface area contributed by atoms with E-state index in [1.807, 2.05) is 12.1 Å². The number of nitrogens with one attached hydrogen (secondary N) is 2. The molecule has 8 rings (SSSR count). The van der Waals surface area contributed by atoms with Gasteiger partial charge in [-0.15, -0.1) is 11.4 Å². The Balaban J connectivity index is 0.000000229. The molecule has 0 fully saturated rings. The molecule has 0 bridgehead atoms. The number of rotatable bonds is 16. The van der Waals surface area contributed by atoms with E-state index < -0.39 is 31.9 Å². The van der Waals surface area contributed by atoms with Crippen LogP contribution in [0.4, 0.5) is 34.4 Å². The van der Waals surface area contributed by atoms with Gasteiger partial charge in [0.1, 0.15) is 24.1 Å². The van der Waals surface area contributed by atoms with Gasteiger partial charge in [0.2, 0.25) is 11.5 Å². The number of anilines is 4. The molecule has 0 saturated carbocycles. The molecule has 0 spiro atoms. The summed E-state index contributed by atoms with van der Waals surface area (Å²) in [5, 5.41) is 19.1. The second-order valence-electron chi connectivity index (χ2n) is 14.1. The van der Waals surface area contributed by atoms with Crippen molar-refractivity contribution in [2.75, 3.05) is 47.9 Å². The van der Waals surface area contributed by atoms with E-state index in [0.717, 1.165) is 12.7 Å². The minimum Gasteiger partial charge on any atom is -0.575 e. The third kappa shape index (κ3) is 11.8. The molecule has 24 nitrogen and oxygen atoms in total. The van der Waals surface area contributed by atoms with Gasteiger partial charge in [-0.05, 0) is 62.4 Å². The first-order valence-electron chi connectivity index (χ1n) is 20.3. The molecule has 1 radical (unpaired) electrons. The average molecular weight is 1050 g/mol. The fraction of sp³-hybridized carbons (Fsp3) is 0.136. The van der Waals surface area contributed by atoms with Gasteiger partial charge in [0.05, 0.1) is 61.0 Å². The Morgan fingerprint density at radius 3 is 1.18 bits per heavy atom. The van der Waals surface area contributed by atoms with Gasteiger partial charge < -0.3 is 40.0 Å². The van der Waals surface area contributed by atoms with Crippen molar-refractivity contribution in [2.24, 2.45) is 20.4 Å². The van der Waals surface area contributed by atoms with Gasteiger partial charge in [0.15, 0.2) is 11.6 Å². The molecule has 4 aromatic carbocycles. The summed E-state index contributed by atoms with van der Waals surface area (Å²) in [5.41, 5.74) is 11.1. The summed E-state index contributed by atoms with van der Waals surface area (Å²) < 4.78 is 76.4. The number of hydrogen-bond acceptors (Lipinski definition) is 18. The number of carbonyl (C=O) groups is 2. The van der Waals surface area contributed by atoms with Crippen molar-refractivity contribution in [1.29, 1.82) is 0 Å². The molecule has 2 N–H and O–H groups in total. The number of para-hydroxylation sites is 2. The van der Waals surface area contributed by atoms with Crippen molar-refractivity contribution < 1.29 is 62.2 Å². The Kier molecular flexibility index (Phi) is 16.6. The van der Waals surface area contributed by atoms with Crippen molar-refractivity contribution in [2.45, 2.75) is 23.6 Å². The first kappa shape index (κ1) is 51.8. The number of methoxy groups -OCH3 is 4. The summed E-state index contributed by atoms with van der Waals surface area (Å²) in [6, 6.07) is 29.1. The third-order valence-electron chi connectivity index (χ3n) is 9.60. The standard InChI is InChI=1S/2C22H21N7O5S.Co/c2*1-14-18(22(30)29(27-14)16-7-5-4-6-8-16)26-25-15-9-11-17(12-10-15)35(31,32)28-20-19(33-2)21(34-3)24-13-23-20;/h2*4-13H,1-3H3,(H2,23,24,25,27,28,30);/q;;+2/p-2. The van der Waals surface area contributed by atoms with Gasteiger partial charge in [-0.1, -0.05) is 60.7 Å². The Bertz CT molecular complexity index is 3040. The zero-order valence-corrected chi connectivity index (χ0v) is 40.8. The van der Waals surface area contributed by atoms with Gasteiger partial charge in [-0.2, -0.15) is 30.2 Å². The molecule has 2 amide bonds. The molecular formula is C44H40CoN14O10S2. The molecule has 71 heavy (non-hydrogen) atoms. The van der Waals surface area contributed by atoms with Crippen LogP contribution in [0.1, 0.15) is 13.8 Å². The number of aromatic nitrogens is 4. The maximum atomic E-state index is 12.8. The van der Waals surface area contributed by atoms with Crippen LogP contribution in [0.15, 0.2) is 152 Å². The van der Waals surface area contributed by atoms with Crippen LogP contribution in [0.5, 0.6) is 23.3 Å². The summed E-state index contributed by atoms with van der Waals surface area (Å²) >= 11 is 0. The van der Waals surface area contributed by atoms with Crippen LogP contribution >= 0.6 is 0 Å². The van der Waals surface area contributed by atoms with Crippen LogP contribution in [0.3, 0.4) is 0 Å². The zero-order valence-electron chi connectivity index (χ0n) is 38.1. The second kappa shape index (κ2) is 22.7. The van der Waals surface area contributed by atoms with E-state index >= 15 is 0 Å². The molecule has 0 saturated heterocycles. The summed E-state index contributed by atoms with van der Waals surface area (Å²) in [6.45, 7) is 3.32. The third-order valence-corrected chi connectivity index (χ3v) is 12.3. The van der Waals surface area contributed by atoms with Gasteiger partial charge in [-0.25, -0.2) is 26.8 Å². The number of nitrogens with zero attached hydrogens (tertiary/aromatic N) is 12. The topological polar surface area (TPSA) is 299 Å². The Morgan fingerprint density at radius 1 is 0.507 bits per heavy atom. The van der Waals surface area contributed by atoms with Crippen LogP contribution in [0.2, 0.25) is 0 Å². The average Bonchev–Trinajstić information content (AvgIpc) is 3.83. The molecule has 0 aliphatic carbocycles. The fourth-order valence-electron chi connectivity index (χ4n) is 6.21. The van der Waals surface area contributed by atoms with E-state index in [9.17, 15) is 26.4 Å². The number of sulfonamides is 2. The van der Waals surface area contributed by atoms with E-state index in [0.29, 0.717) is 34.2 Å². The van der Waals surface area contributed by atoms with E-state index in [-0.39, 0.29) is 72.9 Å². The molecule has 6 aromatic rings. The van der Waals surface area contributed by atoms with Crippen LogP contribution in [0.25, 0.3) is 10.9 Å². The SMILES string of the molecule is COc1ncnc(NS(=O)(=O)c2ccc([N-]/N=C3/C(=O)N(c4ccccc4)N=C3C)cc2)c1OC.COc1ncnc(NS(=O)(=O)c2ccc([N-]/N=C3\C(=O)N(c4ccccc4)N=C3C)cc2)c1OC.[Co+2]. The molecule has 4 heterocycles. The minimum atomic E-state index is -4.01. The van der Waals surface area contributed by atoms with E-state index in [4.69, 9.17) is 18.9 Å². The molecule has 0 atom stereocenters. The van der Waals surface area contributed by atoms with Crippen molar-refractivity contribution >= 4 is 89.1 Å². The number of hydrogen-bond donors (Lipinski definition) is 2. The van der Waals surface area contributed by atoms with E-state index in [2.05, 4.69) is 60.6 Å². The molecule has 0 unspecified atom stereocenters. The molecule has 2 aliphatic heterocycles. The van der Waals surface area contributed by atoms with Gasteiger partial charge in [0, 0.05) is 0 Å². The number of carbonyl (C=O) groups excluding carboxylic acids is 2. The molecule has 2 aliphatic rings. The number of amides is 2. The maximum absolute atomic E-state index is 12.8. The Morgan fingerprint density at radius 2 is 0.859 bits per heavy atom. The maximum Gasteiger partial charge on any atom is 2.00 e. The monoisotopic (exact) mass is 1050 g/mol. The molecule has 367 valence electrons. The number of benzene rings is 4. The quantitative estimate of drug-likeness (QED) is 0.103. The van der Waals surface area contributed by atoms with Crippen LogP contribution in [-0.4, -0.2) is 99.9 Å². The van der Waals surface area contributed by atoms with Crippen molar-refractivity contribution in [3.05, 3.63) is 133 Å². The van der Waals surface area contributed by atoms with Gasteiger partial charge >= 0.3 is 16.8 Å². The fourth-order valence-corrected chi connectivity index (χ4v) is 8.23. The van der Waals surface area contributed by atoms with Crippen molar-refractivity contribution in [3.8, 4) is 23.3 Å². The predicted molar refractivity (Wildman–Crippen MR) is 260 cm³/mol. The molecule has 2 aromatic heterocycles. The Labute approximate surface area is 417 Å². The van der Waals surface area contributed by atoms with Gasteiger partial charge in [0.25, 0.3) is 43.6 Å². The summed E-state index contributed by atoms with van der Waals surface area (Å²) in [7, 11) is -2.57. The summed E-state index contributed by atoms with van der Waals surface area (Å²) in [6.07, 6.45) is 2.30. The molecule has 27 heteroatoms. The summed E-state index contributed by atoms with van der Waals surface area (Å²) in [4.78, 5) is 40.9. The van der Waals surface area contributed by atoms with Gasteiger partial charge in [-0.3, -0.25) is 19.0 Å². The normalized spacial score (nSPS) is 14.4. The van der Waals surface area contributed by atoms with Crippen LogP contribution in [-0.2, 0) is 46.4 Å². The Hall–Kier alpha value is -8.53. The largest absolute Gasteiger partial charge is 2.00 e. The van der Waals surface area contributed by atoms with E-state index in [1.54, 1.807) is 62.4 Å². The van der Waals surface area contributed by atoms with Crippen LogP contribution < -0.4 is 38.4 Å². The number of hydrazone groups is 2. The van der Waals surface area contributed by atoms with Crippen molar-refractivity contribution in [1.82, 2.24) is 19.9 Å². The van der Waals surface area contributed by atoms with E-state index in [1.165, 1.54) is 87.0 Å². The predicted octanol–water partition coefficient (Wildman–Crippen LogP) is 6.15. The molecular weight excluding hydrogens is 1010 g/mol. The summed E-state index contributed by atoms with van der Waals surface area (Å²) in [5.74, 6) is -0.703. The minimum absolute atomic E-state index is 0. The van der Waals surface area contributed by atoms with Crippen molar-refractivity contribution in [3.63, 3.8) is 0 Å². The smallest absolute Gasteiger partial charge is 0.575 e. The van der Waals surface area contributed by atoms with Crippen LogP contribution in [0, 0.1) is 0 Å². The first-order valence-corrected chi connectivity index (χ1v) is 23.2. The first-order chi connectivity index (χ1) is 33.7. The zero-order chi connectivity index (χ0) is 50.0. The number of ether oxygens (including phenoxy) is 4.